The Morgan fingerprint density at radius 3 is 2.80 bits per heavy atom. The predicted molar refractivity (Wildman–Crippen MR) is 98.7 cm³/mol. The number of carbonyl (C=O) groups is 1. The fourth-order valence-electron chi connectivity index (χ4n) is 2.49. The van der Waals surface area contributed by atoms with Crippen LogP contribution < -0.4 is 10.2 Å². The van der Waals surface area contributed by atoms with Crippen molar-refractivity contribution in [3.8, 4) is 11.5 Å². The molecule has 0 saturated heterocycles. The van der Waals surface area contributed by atoms with Gasteiger partial charge in [0.2, 0.25) is 0 Å². The first kappa shape index (κ1) is 16.8. The summed E-state index contributed by atoms with van der Waals surface area (Å²) in [6.07, 6.45) is 1.41. The number of nitrogens with one attached hydrogen (secondary N) is 1. The van der Waals surface area contributed by atoms with Crippen LogP contribution in [0.25, 0.3) is 10.8 Å². The number of amides is 1. The van der Waals surface area contributed by atoms with Crippen LogP contribution in [0, 0.1) is 0 Å². The number of rotatable bonds is 4. The second kappa shape index (κ2) is 7.23. The SMILES string of the molecule is COc1ccc(Cl)cc1C(=O)N/N=C\c1c(O)ccc2ccccc12. The van der Waals surface area contributed by atoms with Crippen LogP contribution in [0.2, 0.25) is 5.02 Å². The average Bonchev–Trinajstić information content (AvgIpc) is 2.63. The minimum atomic E-state index is -0.463. The number of methoxy groups -OCH3 is 1. The molecule has 0 saturated carbocycles. The van der Waals surface area contributed by atoms with E-state index < -0.39 is 5.91 Å². The molecule has 0 bridgehead atoms. The standard InChI is InChI=1S/C19H15ClN2O3/c1-25-18-9-7-13(20)10-15(18)19(24)22-21-11-16-14-5-3-2-4-12(14)6-8-17(16)23/h2-11,23H,1H3,(H,22,24)/b21-11-. The van der Waals surface area contributed by atoms with Gasteiger partial charge in [0.15, 0.2) is 0 Å². The molecular weight excluding hydrogens is 340 g/mol. The number of hydrogen-bond acceptors (Lipinski definition) is 4. The highest BCUT2D eigenvalue weighted by molar-refractivity contribution is 6.31. The molecule has 126 valence electrons. The van der Waals surface area contributed by atoms with Crippen molar-refractivity contribution >= 4 is 34.5 Å². The zero-order valence-corrected chi connectivity index (χ0v) is 14.1. The van der Waals surface area contributed by atoms with Crippen LogP contribution in [-0.2, 0) is 0 Å². The van der Waals surface area contributed by atoms with Crippen molar-refractivity contribution in [1.82, 2.24) is 5.43 Å². The second-order valence-electron chi connectivity index (χ2n) is 5.26. The summed E-state index contributed by atoms with van der Waals surface area (Å²) < 4.78 is 5.15. The Morgan fingerprint density at radius 1 is 1.20 bits per heavy atom. The van der Waals surface area contributed by atoms with E-state index in [1.807, 2.05) is 30.3 Å². The zero-order chi connectivity index (χ0) is 17.8. The Morgan fingerprint density at radius 2 is 2.00 bits per heavy atom. The first-order valence-electron chi connectivity index (χ1n) is 7.48. The second-order valence-corrected chi connectivity index (χ2v) is 5.70. The third-order valence-electron chi connectivity index (χ3n) is 3.71. The lowest BCUT2D eigenvalue weighted by Crippen LogP contribution is -2.18. The Balaban J connectivity index is 1.86. The van der Waals surface area contributed by atoms with Gasteiger partial charge in [0, 0.05) is 10.6 Å². The van der Waals surface area contributed by atoms with Crippen LogP contribution in [0.1, 0.15) is 15.9 Å². The van der Waals surface area contributed by atoms with Gasteiger partial charge in [-0.15, -0.1) is 0 Å². The highest BCUT2D eigenvalue weighted by atomic mass is 35.5. The Hall–Kier alpha value is -3.05. The van der Waals surface area contributed by atoms with Gasteiger partial charge in [-0.3, -0.25) is 4.79 Å². The molecule has 0 aliphatic rings. The van der Waals surface area contributed by atoms with Gasteiger partial charge >= 0.3 is 0 Å². The van der Waals surface area contributed by atoms with E-state index in [1.54, 1.807) is 18.2 Å². The van der Waals surface area contributed by atoms with E-state index >= 15 is 0 Å². The maximum Gasteiger partial charge on any atom is 0.275 e. The molecule has 0 atom stereocenters. The molecule has 5 nitrogen and oxygen atoms in total. The number of nitrogens with zero attached hydrogens (tertiary/aromatic N) is 1. The number of phenolic OH excluding ortho intramolecular Hbond substituents is 1. The van der Waals surface area contributed by atoms with E-state index in [4.69, 9.17) is 16.3 Å². The minimum Gasteiger partial charge on any atom is -0.507 e. The monoisotopic (exact) mass is 354 g/mol. The van der Waals surface area contributed by atoms with Crippen molar-refractivity contribution in [2.24, 2.45) is 5.10 Å². The van der Waals surface area contributed by atoms with Crippen molar-refractivity contribution in [3.05, 3.63) is 70.7 Å². The summed E-state index contributed by atoms with van der Waals surface area (Å²) in [5.74, 6) is 0.0115. The summed E-state index contributed by atoms with van der Waals surface area (Å²) in [7, 11) is 1.47. The quantitative estimate of drug-likeness (QED) is 0.550. The van der Waals surface area contributed by atoms with Crippen LogP contribution in [0.5, 0.6) is 11.5 Å². The number of phenols is 1. The van der Waals surface area contributed by atoms with Gasteiger partial charge in [-0.05, 0) is 35.0 Å². The summed E-state index contributed by atoms with van der Waals surface area (Å²) in [6, 6.07) is 15.7. The van der Waals surface area contributed by atoms with Gasteiger partial charge in [-0.1, -0.05) is 41.9 Å². The van der Waals surface area contributed by atoms with E-state index in [9.17, 15) is 9.90 Å². The number of fused-ring (bicyclic) bond motifs is 1. The molecule has 0 radical (unpaired) electrons. The lowest BCUT2D eigenvalue weighted by molar-refractivity contribution is 0.0952. The first-order chi connectivity index (χ1) is 12.1. The number of aromatic hydroxyl groups is 1. The molecule has 3 aromatic rings. The van der Waals surface area contributed by atoms with Crippen LogP contribution in [0.15, 0.2) is 59.7 Å². The predicted octanol–water partition coefficient (Wildman–Crippen LogP) is 3.97. The summed E-state index contributed by atoms with van der Waals surface area (Å²) in [5.41, 5.74) is 3.22. The Labute approximate surface area is 149 Å². The molecule has 25 heavy (non-hydrogen) atoms. The molecule has 0 spiro atoms. The number of halogens is 1. The van der Waals surface area contributed by atoms with Gasteiger partial charge in [0.05, 0.1) is 18.9 Å². The lowest BCUT2D eigenvalue weighted by atomic mass is 10.0. The average molecular weight is 355 g/mol. The lowest BCUT2D eigenvalue weighted by Gasteiger charge is -2.07. The van der Waals surface area contributed by atoms with Gasteiger partial charge in [-0.2, -0.15) is 5.10 Å². The smallest absolute Gasteiger partial charge is 0.275 e. The van der Waals surface area contributed by atoms with Crippen molar-refractivity contribution < 1.29 is 14.6 Å². The number of carbonyl (C=O) groups excluding carboxylic acids is 1. The third-order valence-corrected chi connectivity index (χ3v) is 3.95. The summed E-state index contributed by atoms with van der Waals surface area (Å²) in [6.45, 7) is 0. The molecule has 0 heterocycles. The maximum absolute atomic E-state index is 12.3. The summed E-state index contributed by atoms with van der Waals surface area (Å²) in [4.78, 5) is 12.3. The van der Waals surface area contributed by atoms with Crippen molar-refractivity contribution in [3.63, 3.8) is 0 Å². The molecule has 0 aliphatic carbocycles. The molecule has 1 amide bonds. The molecule has 0 unspecified atom stereocenters. The first-order valence-corrected chi connectivity index (χ1v) is 7.85. The van der Waals surface area contributed by atoms with Crippen LogP contribution in [0.3, 0.4) is 0 Å². The topological polar surface area (TPSA) is 70.9 Å². The normalized spacial score (nSPS) is 11.0. The third kappa shape index (κ3) is 3.56. The van der Waals surface area contributed by atoms with Crippen molar-refractivity contribution in [2.45, 2.75) is 0 Å². The summed E-state index contributed by atoms with van der Waals surface area (Å²) in [5, 5.41) is 16.2. The maximum atomic E-state index is 12.3. The molecule has 6 heteroatoms. The number of benzene rings is 3. The van der Waals surface area contributed by atoms with E-state index in [2.05, 4.69) is 10.5 Å². The van der Waals surface area contributed by atoms with Gasteiger partial charge < -0.3 is 9.84 Å². The largest absolute Gasteiger partial charge is 0.507 e. The Bertz CT molecular complexity index is 970. The highest BCUT2D eigenvalue weighted by Crippen LogP contribution is 2.25. The van der Waals surface area contributed by atoms with E-state index in [0.29, 0.717) is 16.3 Å². The van der Waals surface area contributed by atoms with Gasteiger partial charge in [0.25, 0.3) is 5.91 Å². The molecule has 0 aliphatic heterocycles. The van der Waals surface area contributed by atoms with Crippen LogP contribution in [0.4, 0.5) is 0 Å². The summed E-state index contributed by atoms with van der Waals surface area (Å²) >= 11 is 5.93. The van der Waals surface area contributed by atoms with E-state index in [1.165, 1.54) is 19.4 Å². The molecule has 3 rings (SSSR count). The molecule has 0 fully saturated rings. The van der Waals surface area contributed by atoms with Crippen molar-refractivity contribution in [2.75, 3.05) is 7.11 Å². The van der Waals surface area contributed by atoms with Gasteiger partial charge in [0.1, 0.15) is 11.5 Å². The molecular formula is C19H15ClN2O3. The van der Waals surface area contributed by atoms with E-state index in [0.717, 1.165) is 10.8 Å². The van der Waals surface area contributed by atoms with Crippen molar-refractivity contribution in [1.29, 1.82) is 0 Å². The fourth-order valence-corrected chi connectivity index (χ4v) is 2.67. The fraction of sp³-hybridized carbons (Fsp3) is 0.0526. The molecule has 0 aromatic heterocycles. The molecule has 3 aromatic carbocycles. The zero-order valence-electron chi connectivity index (χ0n) is 13.4. The van der Waals surface area contributed by atoms with Crippen LogP contribution >= 0.6 is 11.6 Å². The van der Waals surface area contributed by atoms with Gasteiger partial charge in [-0.25, -0.2) is 5.43 Å². The number of ether oxygens (including phenoxy) is 1. The minimum absolute atomic E-state index is 0.0806. The van der Waals surface area contributed by atoms with E-state index in [-0.39, 0.29) is 11.3 Å². The highest BCUT2D eigenvalue weighted by Gasteiger charge is 2.12. The molecule has 2 N–H and O–H groups in total. The number of hydrazone groups is 1. The number of hydrogen-bond donors (Lipinski definition) is 2. The Kier molecular flexibility index (Phi) is 4.86. The van der Waals surface area contributed by atoms with Crippen LogP contribution in [-0.4, -0.2) is 24.3 Å².